The minimum atomic E-state index is -0.412. The van der Waals surface area contributed by atoms with E-state index in [0.717, 1.165) is 12.0 Å². The third kappa shape index (κ3) is 2.25. The first-order valence-corrected chi connectivity index (χ1v) is 5.06. The zero-order valence-electron chi connectivity index (χ0n) is 8.35. The molecular formula is C11H14ClFO. The van der Waals surface area contributed by atoms with Crippen molar-refractivity contribution in [3.63, 3.8) is 0 Å². The standard InChI is InChI=1S/C11H14ClFO/c1-3-8-4-9(7(2)6-14)11(13)10(12)5-8/h4-5,7,14H,3,6H2,1-2H3. The number of halogens is 2. The molecule has 1 rings (SSSR count). The van der Waals surface area contributed by atoms with Crippen LogP contribution in [0.15, 0.2) is 12.1 Å². The second-order valence-electron chi connectivity index (χ2n) is 3.42. The molecule has 14 heavy (non-hydrogen) atoms. The summed E-state index contributed by atoms with van der Waals surface area (Å²) in [5.74, 6) is -0.621. The van der Waals surface area contributed by atoms with Crippen molar-refractivity contribution in [2.24, 2.45) is 0 Å². The van der Waals surface area contributed by atoms with Crippen molar-refractivity contribution in [1.82, 2.24) is 0 Å². The Kier molecular flexibility index (Phi) is 3.90. The Morgan fingerprint density at radius 3 is 2.64 bits per heavy atom. The van der Waals surface area contributed by atoms with Crippen LogP contribution in [0.3, 0.4) is 0 Å². The Bertz CT molecular complexity index is 325. The van der Waals surface area contributed by atoms with Crippen molar-refractivity contribution in [2.75, 3.05) is 6.61 Å². The molecule has 0 bridgehead atoms. The summed E-state index contributed by atoms with van der Waals surface area (Å²) in [6.45, 7) is 3.69. The average molecular weight is 217 g/mol. The molecule has 0 saturated carbocycles. The summed E-state index contributed by atoms with van der Waals surface area (Å²) in [6.07, 6.45) is 0.811. The lowest BCUT2D eigenvalue weighted by Gasteiger charge is -2.12. The highest BCUT2D eigenvalue weighted by molar-refractivity contribution is 6.30. The number of aliphatic hydroxyl groups excluding tert-OH is 1. The van der Waals surface area contributed by atoms with Crippen LogP contribution in [0, 0.1) is 5.82 Å². The Morgan fingerprint density at radius 1 is 1.50 bits per heavy atom. The zero-order valence-corrected chi connectivity index (χ0v) is 9.11. The second kappa shape index (κ2) is 4.76. The first kappa shape index (κ1) is 11.5. The van der Waals surface area contributed by atoms with Gasteiger partial charge in [0.15, 0.2) is 0 Å². The van der Waals surface area contributed by atoms with Gasteiger partial charge in [-0.2, -0.15) is 0 Å². The molecule has 1 aromatic rings. The predicted molar refractivity (Wildman–Crippen MR) is 56.3 cm³/mol. The molecule has 1 aromatic carbocycles. The Hall–Kier alpha value is -0.600. The molecule has 1 N–H and O–H groups in total. The average Bonchev–Trinajstić information content (AvgIpc) is 2.20. The lowest BCUT2D eigenvalue weighted by molar-refractivity contribution is 0.270. The van der Waals surface area contributed by atoms with Crippen molar-refractivity contribution < 1.29 is 9.50 Å². The van der Waals surface area contributed by atoms with Gasteiger partial charge in [-0.25, -0.2) is 4.39 Å². The Labute approximate surface area is 88.5 Å². The van der Waals surface area contributed by atoms with Crippen LogP contribution in [0.2, 0.25) is 5.02 Å². The van der Waals surface area contributed by atoms with E-state index in [9.17, 15) is 4.39 Å². The highest BCUT2D eigenvalue weighted by atomic mass is 35.5. The van der Waals surface area contributed by atoms with Crippen LogP contribution in [0.1, 0.15) is 30.9 Å². The summed E-state index contributed by atoms with van der Waals surface area (Å²) in [6, 6.07) is 3.40. The summed E-state index contributed by atoms with van der Waals surface area (Å²) < 4.78 is 13.5. The molecule has 0 radical (unpaired) electrons. The maximum Gasteiger partial charge on any atom is 0.145 e. The summed E-state index contributed by atoms with van der Waals surface area (Å²) in [4.78, 5) is 0. The molecule has 78 valence electrons. The van der Waals surface area contributed by atoms with Gasteiger partial charge in [-0.05, 0) is 23.6 Å². The fraction of sp³-hybridized carbons (Fsp3) is 0.455. The van der Waals surface area contributed by atoms with Gasteiger partial charge in [-0.3, -0.25) is 0 Å². The summed E-state index contributed by atoms with van der Waals surface area (Å²) in [5.41, 5.74) is 1.49. The van der Waals surface area contributed by atoms with Gasteiger partial charge in [-0.1, -0.05) is 31.5 Å². The third-order valence-corrected chi connectivity index (χ3v) is 2.60. The van der Waals surface area contributed by atoms with E-state index in [2.05, 4.69) is 0 Å². The summed E-state index contributed by atoms with van der Waals surface area (Å²) >= 11 is 5.74. The van der Waals surface area contributed by atoms with E-state index < -0.39 is 5.82 Å². The van der Waals surface area contributed by atoms with E-state index in [1.165, 1.54) is 0 Å². The van der Waals surface area contributed by atoms with Crippen LogP contribution >= 0.6 is 11.6 Å². The van der Waals surface area contributed by atoms with Gasteiger partial charge in [0.05, 0.1) is 5.02 Å². The zero-order chi connectivity index (χ0) is 10.7. The number of hydrogen-bond donors (Lipinski definition) is 1. The number of aliphatic hydroxyl groups is 1. The molecule has 0 aliphatic carbocycles. The monoisotopic (exact) mass is 216 g/mol. The van der Waals surface area contributed by atoms with Crippen molar-refractivity contribution in [3.05, 3.63) is 34.1 Å². The largest absolute Gasteiger partial charge is 0.396 e. The molecular weight excluding hydrogens is 203 g/mol. The van der Waals surface area contributed by atoms with Crippen molar-refractivity contribution in [3.8, 4) is 0 Å². The topological polar surface area (TPSA) is 20.2 Å². The number of rotatable bonds is 3. The van der Waals surface area contributed by atoms with Crippen LogP contribution < -0.4 is 0 Å². The van der Waals surface area contributed by atoms with Crippen molar-refractivity contribution in [2.45, 2.75) is 26.2 Å². The molecule has 3 heteroatoms. The van der Waals surface area contributed by atoms with Crippen LogP contribution in [0.5, 0.6) is 0 Å². The van der Waals surface area contributed by atoms with Crippen LogP contribution in [0.4, 0.5) is 4.39 Å². The highest BCUT2D eigenvalue weighted by Crippen LogP contribution is 2.26. The van der Waals surface area contributed by atoms with Crippen molar-refractivity contribution >= 4 is 11.6 Å². The molecule has 0 saturated heterocycles. The van der Waals surface area contributed by atoms with E-state index >= 15 is 0 Å². The lowest BCUT2D eigenvalue weighted by Crippen LogP contribution is -2.03. The SMILES string of the molecule is CCc1cc(Cl)c(F)c(C(C)CO)c1. The van der Waals surface area contributed by atoms with Crippen LogP contribution in [-0.2, 0) is 6.42 Å². The molecule has 0 aliphatic heterocycles. The van der Waals surface area contributed by atoms with E-state index in [-0.39, 0.29) is 17.5 Å². The van der Waals surface area contributed by atoms with E-state index in [1.807, 2.05) is 6.92 Å². The van der Waals surface area contributed by atoms with Gasteiger partial charge < -0.3 is 5.11 Å². The fourth-order valence-electron chi connectivity index (χ4n) is 1.33. The highest BCUT2D eigenvalue weighted by Gasteiger charge is 2.13. The van der Waals surface area contributed by atoms with Gasteiger partial charge in [-0.15, -0.1) is 0 Å². The van der Waals surface area contributed by atoms with E-state index in [4.69, 9.17) is 16.7 Å². The first-order valence-electron chi connectivity index (χ1n) is 4.68. The molecule has 0 amide bonds. The maximum atomic E-state index is 13.5. The smallest absolute Gasteiger partial charge is 0.145 e. The predicted octanol–water partition coefficient (Wildman–Crippen LogP) is 3.14. The maximum absolute atomic E-state index is 13.5. The fourth-order valence-corrected chi connectivity index (χ4v) is 1.58. The molecule has 0 fully saturated rings. The molecule has 1 nitrogen and oxygen atoms in total. The second-order valence-corrected chi connectivity index (χ2v) is 3.83. The Balaban J connectivity index is 3.20. The first-order chi connectivity index (χ1) is 6.60. The molecule has 0 spiro atoms. The van der Waals surface area contributed by atoms with Gasteiger partial charge in [0.25, 0.3) is 0 Å². The van der Waals surface area contributed by atoms with Crippen LogP contribution in [-0.4, -0.2) is 11.7 Å². The van der Waals surface area contributed by atoms with E-state index in [0.29, 0.717) is 5.56 Å². The molecule has 1 atom stereocenters. The minimum absolute atomic E-state index is 0.0690. The third-order valence-electron chi connectivity index (χ3n) is 2.33. The molecule has 0 aromatic heterocycles. The number of benzene rings is 1. The summed E-state index contributed by atoms with van der Waals surface area (Å²) in [7, 11) is 0. The van der Waals surface area contributed by atoms with Gasteiger partial charge >= 0.3 is 0 Å². The normalized spacial score (nSPS) is 12.9. The number of hydrogen-bond acceptors (Lipinski definition) is 1. The molecule has 0 aliphatic rings. The minimum Gasteiger partial charge on any atom is -0.396 e. The quantitative estimate of drug-likeness (QED) is 0.823. The lowest BCUT2D eigenvalue weighted by atomic mass is 9.98. The number of aryl methyl sites for hydroxylation is 1. The van der Waals surface area contributed by atoms with Gasteiger partial charge in [0.2, 0.25) is 0 Å². The van der Waals surface area contributed by atoms with Gasteiger partial charge in [0.1, 0.15) is 5.82 Å². The molecule has 0 heterocycles. The van der Waals surface area contributed by atoms with E-state index in [1.54, 1.807) is 19.1 Å². The Morgan fingerprint density at radius 2 is 2.14 bits per heavy atom. The summed E-state index contributed by atoms with van der Waals surface area (Å²) in [5, 5.41) is 9.10. The van der Waals surface area contributed by atoms with Crippen LogP contribution in [0.25, 0.3) is 0 Å². The molecule has 1 unspecified atom stereocenters. The van der Waals surface area contributed by atoms with Gasteiger partial charge in [0, 0.05) is 12.5 Å². The van der Waals surface area contributed by atoms with Crippen molar-refractivity contribution in [1.29, 1.82) is 0 Å².